The Morgan fingerprint density at radius 3 is 2.75 bits per heavy atom. The predicted octanol–water partition coefficient (Wildman–Crippen LogP) is 3.51. The first-order valence-corrected chi connectivity index (χ1v) is 12.3. The number of nitrogens with zero attached hydrogens (tertiary/aromatic N) is 1. The Kier molecular flexibility index (Phi) is 8.36. The number of primary amides is 1. The average Bonchev–Trinajstić information content (AvgIpc) is 3.21. The Bertz CT molecular complexity index is 1270. The highest BCUT2D eigenvalue weighted by molar-refractivity contribution is 7.97. The molecule has 190 valence electrons. The summed E-state index contributed by atoms with van der Waals surface area (Å²) in [5.74, 6) is -1.47. The second kappa shape index (κ2) is 11.7. The third-order valence-corrected chi connectivity index (χ3v) is 6.83. The maximum Gasteiger partial charge on any atom is 0.303 e. The molecule has 3 aromatic rings. The molecule has 36 heavy (non-hydrogen) atoms. The molecule has 4 rings (SSSR count). The monoisotopic (exact) mass is 532 g/mol. The maximum absolute atomic E-state index is 12.3. The average molecular weight is 533 g/mol. The molecule has 12 heteroatoms. The van der Waals surface area contributed by atoms with Gasteiger partial charge in [0.15, 0.2) is 0 Å². The van der Waals surface area contributed by atoms with Crippen LogP contribution in [0.1, 0.15) is 23.3 Å². The largest absolute Gasteiger partial charge is 0.491 e. The molecule has 2 heterocycles. The number of benzene rings is 2. The fraction of sp³-hybridized carbons (Fsp3) is 0.292. The fourth-order valence-electron chi connectivity index (χ4n) is 3.75. The molecule has 10 nitrogen and oxygen atoms in total. The van der Waals surface area contributed by atoms with E-state index in [1.807, 2.05) is 30.3 Å². The number of aromatic nitrogens is 1. The molecular formula is C24H25ClN4O6S. The number of rotatable bonds is 10. The number of hydrogen-bond acceptors (Lipinski definition) is 7. The standard InChI is InChI=1S/C24H25ClN4O6S/c25-14-10-17-21(18(11-14)27-19(30)6-7-20(31)32)28-22(24(26)33)23(17)36-29-8-9-34-16(12-29)13-35-15-4-2-1-3-5-15/h1-5,10-11,16,28H,6-9,12-13H2,(H2,26,33)(H,27,30)(H,31,32). The molecule has 0 aliphatic carbocycles. The number of carboxylic acid groups (broad SMARTS) is 1. The van der Waals surface area contributed by atoms with Crippen molar-refractivity contribution in [3.63, 3.8) is 0 Å². The summed E-state index contributed by atoms with van der Waals surface area (Å²) in [5, 5.41) is 12.4. The van der Waals surface area contributed by atoms with Gasteiger partial charge in [-0.3, -0.25) is 14.4 Å². The second-order valence-electron chi connectivity index (χ2n) is 8.11. The minimum atomic E-state index is -1.08. The third kappa shape index (κ3) is 6.49. The quantitative estimate of drug-likeness (QED) is 0.290. The van der Waals surface area contributed by atoms with Crippen molar-refractivity contribution in [1.29, 1.82) is 0 Å². The Morgan fingerprint density at radius 1 is 1.25 bits per heavy atom. The SMILES string of the molecule is NC(=O)c1[nH]c2c(NC(=O)CCC(=O)O)cc(Cl)cc2c1SN1CCOC(COc2ccccc2)C1. The molecule has 2 aromatic carbocycles. The Morgan fingerprint density at radius 2 is 2.03 bits per heavy atom. The van der Waals surface area contributed by atoms with Gasteiger partial charge < -0.3 is 30.6 Å². The molecule has 0 bridgehead atoms. The molecule has 1 fully saturated rings. The number of carbonyl (C=O) groups excluding carboxylic acids is 2. The molecule has 2 amide bonds. The van der Waals surface area contributed by atoms with Crippen molar-refractivity contribution in [3.8, 4) is 5.75 Å². The predicted molar refractivity (Wildman–Crippen MR) is 136 cm³/mol. The number of hydrogen-bond donors (Lipinski definition) is 4. The van der Waals surface area contributed by atoms with Gasteiger partial charge in [-0.25, -0.2) is 4.31 Å². The number of aliphatic carboxylic acids is 1. The van der Waals surface area contributed by atoms with Gasteiger partial charge in [-0.15, -0.1) is 0 Å². The number of anilines is 1. The van der Waals surface area contributed by atoms with Crippen LogP contribution in [0.5, 0.6) is 5.75 Å². The lowest BCUT2D eigenvalue weighted by Gasteiger charge is -2.31. The van der Waals surface area contributed by atoms with E-state index in [0.717, 1.165) is 5.75 Å². The molecule has 1 aromatic heterocycles. The summed E-state index contributed by atoms with van der Waals surface area (Å²) in [6.07, 6.45) is -0.685. The summed E-state index contributed by atoms with van der Waals surface area (Å²) < 4.78 is 13.7. The molecule has 0 saturated carbocycles. The Hall–Kier alpha value is -3.25. The van der Waals surface area contributed by atoms with Crippen molar-refractivity contribution in [2.45, 2.75) is 23.8 Å². The number of H-pyrrole nitrogens is 1. The summed E-state index contributed by atoms with van der Waals surface area (Å²) in [4.78, 5) is 38.9. The normalized spacial score (nSPS) is 16.1. The van der Waals surface area contributed by atoms with Crippen molar-refractivity contribution in [3.05, 3.63) is 53.2 Å². The number of halogens is 1. The highest BCUT2D eigenvalue weighted by atomic mass is 35.5. The van der Waals surface area contributed by atoms with Crippen LogP contribution in [0.4, 0.5) is 5.69 Å². The molecule has 0 spiro atoms. The van der Waals surface area contributed by atoms with Gasteiger partial charge in [-0.1, -0.05) is 29.8 Å². The van der Waals surface area contributed by atoms with E-state index in [1.165, 1.54) is 18.0 Å². The van der Waals surface area contributed by atoms with Crippen LogP contribution in [0.15, 0.2) is 47.4 Å². The van der Waals surface area contributed by atoms with E-state index in [9.17, 15) is 14.4 Å². The van der Waals surface area contributed by atoms with Gasteiger partial charge in [-0.2, -0.15) is 0 Å². The lowest BCUT2D eigenvalue weighted by Crippen LogP contribution is -2.41. The minimum absolute atomic E-state index is 0.179. The number of fused-ring (bicyclic) bond motifs is 1. The fourth-order valence-corrected chi connectivity index (χ4v) is 5.13. The highest BCUT2D eigenvalue weighted by Crippen LogP contribution is 2.39. The molecular weight excluding hydrogens is 508 g/mol. The number of morpholine rings is 1. The topological polar surface area (TPSA) is 147 Å². The Balaban J connectivity index is 1.54. The van der Waals surface area contributed by atoms with Gasteiger partial charge in [0.25, 0.3) is 5.91 Å². The van der Waals surface area contributed by atoms with Gasteiger partial charge in [0, 0.05) is 29.9 Å². The van der Waals surface area contributed by atoms with Gasteiger partial charge >= 0.3 is 5.97 Å². The third-order valence-electron chi connectivity index (χ3n) is 5.41. The lowest BCUT2D eigenvalue weighted by molar-refractivity contribution is -0.138. The van der Waals surface area contributed by atoms with E-state index in [4.69, 9.17) is 31.9 Å². The number of ether oxygens (including phenoxy) is 2. The molecule has 1 unspecified atom stereocenters. The first-order valence-electron chi connectivity index (χ1n) is 11.2. The van der Waals surface area contributed by atoms with E-state index in [1.54, 1.807) is 6.07 Å². The van der Waals surface area contributed by atoms with Crippen molar-refractivity contribution in [1.82, 2.24) is 9.29 Å². The number of nitrogens with one attached hydrogen (secondary N) is 2. The van der Waals surface area contributed by atoms with Crippen LogP contribution in [0.25, 0.3) is 10.9 Å². The van der Waals surface area contributed by atoms with Crippen LogP contribution in [0.3, 0.4) is 0 Å². The molecule has 1 aliphatic rings. The Labute approximate surface area is 216 Å². The maximum atomic E-state index is 12.3. The minimum Gasteiger partial charge on any atom is -0.491 e. The van der Waals surface area contributed by atoms with Crippen LogP contribution in [0.2, 0.25) is 5.02 Å². The number of nitrogens with two attached hydrogens (primary N) is 1. The zero-order valence-corrected chi connectivity index (χ0v) is 20.7. The molecule has 5 N–H and O–H groups in total. The summed E-state index contributed by atoms with van der Waals surface area (Å²) in [6.45, 7) is 2.00. The van der Waals surface area contributed by atoms with E-state index < -0.39 is 17.8 Å². The van der Waals surface area contributed by atoms with Gasteiger partial charge in [0.2, 0.25) is 5.91 Å². The van der Waals surface area contributed by atoms with Crippen LogP contribution >= 0.6 is 23.5 Å². The van der Waals surface area contributed by atoms with Crippen LogP contribution < -0.4 is 15.8 Å². The molecule has 0 radical (unpaired) electrons. The zero-order chi connectivity index (χ0) is 25.7. The van der Waals surface area contributed by atoms with E-state index in [2.05, 4.69) is 14.6 Å². The first kappa shape index (κ1) is 25.8. The van der Waals surface area contributed by atoms with Gasteiger partial charge in [0.05, 0.1) is 29.1 Å². The first-order chi connectivity index (χ1) is 17.3. The number of para-hydroxylation sites is 1. The second-order valence-corrected chi connectivity index (χ2v) is 9.65. The van der Waals surface area contributed by atoms with Gasteiger partial charge in [0.1, 0.15) is 24.2 Å². The van der Waals surface area contributed by atoms with E-state index >= 15 is 0 Å². The van der Waals surface area contributed by atoms with Crippen molar-refractivity contribution in [2.75, 3.05) is 31.6 Å². The summed E-state index contributed by atoms with van der Waals surface area (Å²) in [6, 6.07) is 12.7. The summed E-state index contributed by atoms with van der Waals surface area (Å²) in [7, 11) is 0. The molecule has 1 aliphatic heterocycles. The van der Waals surface area contributed by atoms with Crippen molar-refractivity contribution < 1.29 is 29.0 Å². The number of aromatic amines is 1. The van der Waals surface area contributed by atoms with Crippen LogP contribution in [0, 0.1) is 0 Å². The van der Waals surface area contributed by atoms with E-state index in [0.29, 0.717) is 52.8 Å². The summed E-state index contributed by atoms with van der Waals surface area (Å²) in [5.41, 5.74) is 6.64. The van der Waals surface area contributed by atoms with Crippen molar-refractivity contribution in [2.24, 2.45) is 5.73 Å². The highest BCUT2D eigenvalue weighted by Gasteiger charge is 2.26. The van der Waals surface area contributed by atoms with E-state index in [-0.39, 0.29) is 24.6 Å². The van der Waals surface area contributed by atoms with Gasteiger partial charge in [-0.05, 0) is 36.2 Å². The number of carbonyl (C=O) groups is 3. The molecule has 1 atom stereocenters. The molecule has 1 saturated heterocycles. The smallest absolute Gasteiger partial charge is 0.303 e. The lowest BCUT2D eigenvalue weighted by atomic mass is 10.2. The number of carboxylic acids is 1. The zero-order valence-electron chi connectivity index (χ0n) is 19.2. The van der Waals surface area contributed by atoms with Crippen LogP contribution in [-0.4, -0.2) is 64.6 Å². The van der Waals surface area contributed by atoms with Crippen LogP contribution in [-0.2, 0) is 14.3 Å². The summed E-state index contributed by atoms with van der Waals surface area (Å²) >= 11 is 7.67. The number of amides is 2. The van der Waals surface area contributed by atoms with Crippen molar-refractivity contribution >= 4 is 57.9 Å².